The molecule has 0 aliphatic carbocycles. The van der Waals surface area contributed by atoms with Crippen molar-refractivity contribution in [2.75, 3.05) is 83.3 Å². The van der Waals surface area contributed by atoms with Crippen LogP contribution in [-0.4, -0.2) is 155 Å². The van der Waals surface area contributed by atoms with Crippen molar-refractivity contribution in [2.45, 2.75) is 24.8 Å². The lowest BCUT2D eigenvalue weighted by molar-refractivity contribution is -0.140. The SMILES string of the molecule is Cc1ccc(NSc2ccccc2C(=O)NNC(=O)CNC(=O)C(C)N2CCN(CC(=O)O)CCN(CC(=O)O)CCN(CC(=O)O)CC2)cc1. The maximum atomic E-state index is 13.2. The Bertz CT molecular complexity index is 1480. The van der Waals surface area contributed by atoms with E-state index in [1.165, 1.54) is 11.9 Å². The molecule has 1 aliphatic heterocycles. The highest BCUT2D eigenvalue weighted by Gasteiger charge is 2.25. The Kier molecular flexibility index (Phi) is 16.6. The molecular weight excluding hydrogens is 684 g/mol. The summed E-state index contributed by atoms with van der Waals surface area (Å²) in [6.07, 6.45) is 0. The first-order valence-electron chi connectivity index (χ1n) is 16.3. The molecule has 51 heavy (non-hydrogen) atoms. The van der Waals surface area contributed by atoms with Crippen molar-refractivity contribution >= 4 is 53.3 Å². The molecule has 2 aromatic rings. The van der Waals surface area contributed by atoms with Gasteiger partial charge in [0, 0.05) is 62.9 Å². The standard InChI is InChI=1S/C33H46N8O9S/c1-23-7-9-25(10-8-23)37-51-27-6-4-3-5-26(27)33(50)36-35-28(42)19-34-32(49)24(2)41-17-15-39(21-30(45)46)13-11-38(20-29(43)44)12-14-40(16-18-41)22-31(47)48/h3-10,24,37H,11-22H2,1-2H3,(H,34,49)(H,35,42)(H,36,50)(H,43,44)(H,45,46)(H,47,48). The number of hydrogen-bond acceptors (Lipinski definition) is 12. The van der Waals surface area contributed by atoms with Gasteiger partial charge in [0.1, 0.15) is 0 Å². The first-order valence-corrected chi connectivity index (χ1v) is 17.1. The normalized spacial score (nSPS) is 16.1. The molecule has 1 saturated heterocycles. The summed E-state index contributed by atoms with van der Waals surface area (Å²) < 4.78 is 3.19. The van der Waals surface area contributed by atoms with Gasteiger partial charge in [-0.2, -0.15) is 0 Å². The van der Waals surface area contributed by atoms with E-state index < -0.39 is 48.2 Å². The van der Waals surface area contributed by atoms with Gasteiger partial charge in [-0.15, -0.1) is 0 Å². The maximum Gasteiger partial charge on any atom is 0.317 e. The molecule has 18 heteroatoms. The van der Waals surface area contributed by atoms with Crippen LogP contribution in [0.15, 0.2) is 53.4 Å². The molecule has 278 valence electrons. The van der Waals surface area contributed by atoms with Crippen LogP contribution in [0, 0.1) is 6.92 Å². The highest BCUT2D eigenvalue weighted by molar-refractivity contribution is 8.00. The number of nitrogens with zero attached hydrogens (tertiary/aromatic N) is 4. The lowest BCUT2D eigenvalue weighted by atomic mass is 10.2. The van der Waals surface area contributed by atoms with Crippen LogP contribution in [0.1, 0.15) is 22.8 Å². The van der Waals surface area contributed by atoms with Crippen molar-refractivity contribution in [3.8, 4) is 0 Å². The van der Waals surface area contributed by atoms with Crippen molar-refractivity contribution in [2.24, 2.45) is 0 Å². The van der Waals surface area contributed by atoms with Crippen LogP contribution in [0.2, 0.25) is 0 Å². The summed E-state index contributed by atoms with van der Waals surface area (Å²) in [5.74, 6) is -4.90. The minimum atomic E-state index is -1.06. The minimum absolute atomic E-state index is 0.233. The highest BCUT2D eigenvalue weighted by atomic mass is 32.2. The van der Waals surface area contributed by atoms with Gasteiger partial charge in [-0.05, 0) is 50.1 Å². The molecule has 17 nitrogen and oxygen atoms in total. The van der Waals surface area contributed by atoms with Crippen molar-refractivity contribution in [1.82, 2.24) is 35.8 Å². The Hall–Kier alpha value is -4.75. The summed E-state index contributed by atoms with van der Waals surface area (Å²) in [7, 11) is 0. The van der Waals surface area contributed by atoms with E-state index in [1.807, 2.05) is 31.2 Å². The first-order chi connectivity index (χ1) is 24.3. The zero-order valence-electron chi connectivity index (χ0n) is 28.7. The molecule has 0 aromatic heterocycles. The van der Waals surface area contributed by atoms with E-state index >= 15 is 0 Å². The molecule has 0 radical (unpaired) electrons. The number of benzene rings is 2. The summed E-state index contributed by atoms with van der Waals surface area (Å²) in [6, 6.07) is 13.8. The fourth-order valence-corrected chi connectivity index (χ4v) is 5.97. The second-order valence-corrected chi connectivity index (χ2v) is 12.9. The van der Waals surface area contributed by atoms with Gasteiger partial charge in [-0.3, -0.25) is 59.2 Å². The predicted molar refractivity (Wildman–Crippen MR) is 189 cm³/mol. The topological polar surface area (TPSA) is 224 Å². The van der Waals surface area contributed by atoms with Crippen LogP contribution in [0.4, 0.5) is 5.69 Å². The number of carbonyl (C=O) groups is 6. The molecule has 1 atom stereocenters. The van der Waals surface area contributed by atoms with Gasteiger partial charge in [0.25, 0.3) is 11.8 Å². The van der Waals surface area contributed by atoms with Crippen LogP contribution in [0.25, 0.3) is 0 Å². The smallest absolute Gasteiger partial charge is 0.317 e. The molecule has 7 N–H and O–H groups in total. The van der Waals surface area contributed by atoms with E-state index in [0.29, 0.717) is 10.5 Å². The minimum Gasteiger partial charge on any atom is -0.480 e. The van der Waals surface area contributed by atoms with Crippen molar-refractivity contribution in [3.05, 3.63) is 59.7 Å². The van der Waals surface area contributed by atoms with Crippen molar-refractivity contribution < 1.29 is 44.1 Å². The molecule has 1 aliphatic rings. The van der Waals surface area contributed by atoms with Crippen LogP contribution in [0.3, 0.4) is 0 Å². The Morgan fingerprint density at radius 1 is 0.706 bits per heavy atom. The Balaban J connectivity index is 1.57. The summed E-state index contributed by atoms with van der Waals surface area (Å²) in [6.45, 7) is 4.21. The zero-order chi connectivity index (χ0) is 37.3. The third-order valence-corrected chi connectivity index (χ3v) is 8.99. The molecule has 1 unspecified atom stereocenters. The predicted octanol–water partition coefficient (Wildman–Crippen LogP) is -0.145. The van der Waals surface area contributed by atoms with Crippen LogP contribution in [0.5, 0.6) is 0 Å². The molecule has 2 aromatic carbocycles. The number of amides is 3. The number of nitrogens with one attached hydrogen (secondary N) is 4. The lowest BCUT2D eigenvalue weighted by Gasteiger charge is -2.35. The van der Waals surface area contributed by atoms with Crippen LogP contribution in [-0.2, 0) is 24.0 Å². The Morgan fingerprint density at radius 2 is 1.20 bits per heavy atom. The number of hydrogen-bond donors (Lipinski definition) is 7. The Labute approximate surface area is 300 Å². The number of aliphatic carboxylic acids is 3. The molecule has 0 spiro atoms. The van der Waals surface area contributed by atoms with Gasteiger partial charge in [0.2, 0.25) is 5.91 Å². The fourth-order valence-electron chi connectivity index (χ4n) is 5.19. The van der Waals surface area contributed by atoms with Crippen molar-refractivity contribution in [3.63, 3.8) is 0 Å². The summed E-state index contributed by atoms with van der Waals surface area (Å²) in [5, 5.41) is 30.8. The van der Waals surface area contributed by atoms with Gasteiger partial charge in [-0.25, -0.2) is 0 Å². The number of anilines is 1. The van der Waals surface area contributed by atoms with Crippen LogP contribution >= 0.6 is 11.9 Å². The number of carbonyl (C=O) groups excluding carboxylic acids is 3. The second kappa shape index (κ2) is 20.8. The lowest BCUT2D eigenvalue weighted by Crippen LogP contribution is -2.54. The van der Waals surface area contributed by atoms with E-state index in [1.54, 1.807) is 50.8 Å². The fraction of sp³-hybridized carbons (Fsp3) is 0.455. The maximum absolute atomic E-state index is 13.2. The largest absolute Gasteiger partial charge is 0.480 e. The first kappa shape index (κ1) is 40.7. The molecule has 1 heterocycles. The number of carboxylic acid groups (broad SMARTS) is 3. The van der Waals surface area contributed by atoms with Gasteiger partial charge in [0.05, 0.1) is 37.8 Å². The number of rotatable bonds is 14. The third-order valence-electron chi connectivity index (χ3n) is 8.08. The van der Waals surface area contributed by atoms with E-state index in [0.717, 1.165) is 11.3 Å². The van der Waals surface area contributed by atoms with Gasteiger partial charge in [0.15, 0.2) is 0 Å². The average Bonchev–Trinajstić information content (AvgIpc) is 3.08. The highest BCUT2D eigenvalue weighted by Crippen LogP contribution is 2.24. The van der Waals surface area contributed by atoms with E-state index in [-0.39, 0.29) is 72.0 Å². The average molecular weight is 731 g/mol. The summed E-state index contributed by atoms with van der Waals surface area (Å²) >= 11 is 1.24. The van der Waals surface area contributed by atoms with Gasteiger partial charge in [-0.1, -0.05) is 29.8 Å². The molecule has 3 rings (SSSR count). The quantitative estimate of drug-likeness (QED) is 0.0992. The second-order valence-electron chi connectivity index (χ2n) is 12.0. The molecule has 0 saturated carbocycles. The molecular formula is C33H46N8O9S. The number of aryl methyl sites for hydroxylation is 1. The van der Waals surface area contributed by atoms with Gasteiger partial charge >= 0.3 is 17.9 Å². The number of carboxylic acids is 3. The molecule has 3 amide bonds. The monoisotopic (exact) mass is 730 g/mol. The zero-order valence-corrected chi connectivity index (χ0v) is 29.5. The van der Waals surface area contributed by atoms with E-state index in [2.05, 4.69) is 20.9 Å². The Morgan fingerprint density at radius 3 is 1.71 bits per heavy atom. The molecule has 1 fully saturated rings. The van der Waals surface area contributed by atoms with Gasteiger partial charge < -0.3 is 25.4 Å². The summed E-state index contributed by atoms with van der Waals surface area (Å²) in [4.78, 5) is 80.5. The molecule has 0 bridgehead atoms. The van der Waals surface area contributed by atoms with Crippen LogP contribution < -0.4 is 20.9 Å². The van der Waals surface area contributed by atoms with E-state index in [4.69, 9.17) is 0 Å². The third kappa shape index (κ3) is 14.9. The van der Waals surface area contributed by atoms with E-state index in [9.17, 15) is 44.1 Å². The number of hydrazine groups is 1. The van der Waals surface area contributed by atoms with Crippen molar-refractivity contribution in [1.29, 1.82) is 0 Å². The summed E-state index contributed by atoms with van der Waals surface area (Å²) in [5.41, 5.74) is 6.97.